The molecule has 1 fully saturated rings. The van der Waals surface area contributed by atoms with Gasteiger partial charge in [0.2, 0.25) is 11.8 Å². The van der Waals surface area contributed by atoms with Gasteiger partial charge < -0.3 is 15.7 Å². The summed E-state index contributed by atoms with van der Waals surface area (Å²) in [6.45, 7) is 0. The lowest BCUT2D eigenvalue weighted by molar-refractivity contribution is -0.117. The first kappa shape index (κ1) is 21.6. The lowest BCUT2D eigenvalue weighted by atomic mass is 10.1. The Hall–Kier alpha value is -3.58. The summed E-state index contributed by atoms with van der Waals surface area (Å²) in [6, 6.07) is 23.0. The van der Waals surface area contributed by atoms with Gasteiger partial charge in [-0.15, -0.1) is 11.8 Å². The highest BCUT2D eigenvalue weighted by molar-refractivity contribution is 8.00. The molecule has 0 spiro atoms. The summed E-state index contributed by atoms with van der Waals surface area (Å²) in [5.41, 5.74) is 2.10. The quantitative estimate of drug-likeness (QED) is 0.413. The van der Waals surface area contributed by atoms with E-state index in [9.17, 15) is 19.5 Å². The number of carbonyl (C=O) groups is 3. The van der Waals surface area contributed by atoms with Crippen molar-refractivity contribution in [2.75, 3.05) is 10.6 Å². The van der Waals surface area contributed by atoms with Gasteiger partial charge in [-0.1, -0.05) is 36.4 Å². The topological polar surface area (TPSA) is 95.5 Å². The summed E-state index contributed by atoms with van der Waals surface area (Å²) in [5.74, 6) is -1.12. The molecule has 3 N–H and O–H groups in total. The highest BCUT2D eigenvalue weighted by Crippen LogP contribution is 2.37. The number of carboxylic acid groups (broad SMARTS) is 1. The molecule has 0 saturated heterocycles. The van der Waals surface area contributed by atoms with Gasteiger partial charge in [-0.25, -0.2) is 4.79 Å². The lowest BCUT2D eigenvalue weighted by Crippen LogP contribution is -2.19. The van der Waals surface area contributed by atoms with Crippen LogP contribution in [0.1, 0.15) is 34.0 Å². The molecule has 32 heavy (non-hydrogen) atoms. The number of carbonyl (C=O) groups excluding carboxylic acids is 2. The fourth-order valence-corrected chi connectivity index (χ4v) is 4.21. The molecule has 2 amide bonds. The van der Waals surface area contributed by atoms with Crippen molar-refractivity contribution in [3.8, 4) is 0 Å². The second kappa shape index (κ2) is 9.70. The van der Waals surface area contributed by atoms with E-state index in [4.69, 9.17) is 0 Å². The second-order valence-corrected chi connectivity index (χ2v) is 8.75. The van der Waals surface area contributed by atoms with Gasteiger partial charge in [0, 0.05) is 22.2 Å². The largest absolute Gasteiger partial charge is 0.478 e. The molecule has 1 saturated carbocycles. The third-order valence-corrected chi connectivity index (χ3v) is 6.31. The fourth-order valence-electron chi connectivity index (χ4n) is 3.18. The number of thioether (sulfide) groups is 1. The first-order valence-corrected chi connectivity index (χ1v) is 11.1. The summed E-state index contributed by atoms with van der Waals surface area (Å²) in [7, 11) is 0. The van der Waals surface area contributed by atoms with E-state index in [0.29, 0.717) is 5.69 Å². The number of hydrogen-bond acceptors (Lipinski definition) is 4. The van der Waals surface area contributed by atoms with E-state index in [2.05, 4.69) is 10.6 Å². The molecule has 1 atom stereocenters. The maximum absolute atomic E-state index is 13.2. The zero-order valence-corrected chi connectivity index (χ0v) is 18.0. The first-order valence-electron chi connectivity index (χ1n) is 10.3. The average Bonchev–Trinajstić information content (AvgIpc) is 3.65. The van der Waals surface area contributed by atoms with Gasteiger partial charge in [-0.3, -0.25) is 9.59 Å². The van der Waals surface area contributed by atoms with Crippen molar-refractivity contribution < 1.29 is 19.5 Å². The van der Waals surface area contributed by atoms with Crippen molar-refractivity contribution in [2.24, 2.45) is 5.92 Å². The van der Waals surface area contributed by atoms with Crippen LogP contribution >= 0.6 is 11.8 Å². The summed E-state index contributed by atoms with van der Waals surface area (Å²) in [6.07, 6.45) is 1.89. The normalized spacial score (nSPS) is 13.8. The molecule has 1 aliphatic carbocycles. The molecular weight excluding hydrogens is 424 g/mol. The third kappa shape index (κ3) is 5.56. The average molecular weight is 447 g/mol. The summed E-state index contributed by atoms with van der Waals surface area (Å²) in [4.78, 5) is 37.2. The standard InChI is InChI=1S/C25H22N2O4S/c28-23(17-9-10-17)26-19-11-13-21(14-12-19)32-22(16-5-2-1-3-6-16)24(29)27-20-8-4-7-18(15-20)25(30)31/h1-8,11-15,17,22H,9-10H2,(H,26,28)(H,27,29)(H,30,31). The Labute approximate surface area is 190 Å². The number of benzene rings is 3. The smallest absolute Gasteiger partial charge is 0.335 e. The molecule has 162 valence electrons. The Morgan fingerprint density at radius 2 is 1.56 bits per heavy atom. The van der Waals surface area contributed by atoms with E-state index in [-0.39, 0.29) is 23.3 Å². The van der Waals surface area contributed by atoms with Crippen LogP contribution in [0.5, 0.6) is 0 Å². The molecule has 1 unspecified atom stereocenters. The number of nitrogens with one attached hydrogen (secondary N) is 2. The van der Waals surface area contributed by atoms with Crippen molar-refractivity contribution in [1.29, 1.82) is 0 Å². The van der Waals surface area contributed by atoms with Gasteiger partial charge in [-0.2, -0.15) is 0 Å². The molecule has 7 heteroatoms. The summed E-state index contributed by atoms with van der Waals surface area (Å²) >= 11 is 1.38. The van der Waals surface area contributed by atoms with Crippen LogP contribution < -0.4 is 10.6 Å². The minimum absolute atomic E-state index is 0.0514. The molecule has 4 rings (SSSR count). The lowest BCUT2D eigenvalue weighted by Gasteiger charge is -2.17. The van der Waals surface area contributed by atoms with E-state index >= 15 is 0 Å². The number of carboxylic acids is 1. The highest BCUT2D eigenvalue weighted by atomic mass is 32.2. The zero-order chi connectivity index (χ0) is 22.5. The Kier molecular flexibility index (Phi) is 6.56. The van der Waals surface area contributed by atoms with E-state index < -0.39 is 11.2 Å². The van der Waals surface area contributed by atoms with Crippen molar-refractivity contribution >= 4 is 40.9 Å². The number of aromatic carboxylic acids is 1. The van der Waals surface area contributed by atoms with Gasteiger partial charge in [0.25, 0.3) is 0 Å². The van der Waals surface area contributed by atoms with Crippen LogP contribution in [0.3, 0.4) is 0 Å². The highest BCUT2D eigenvalue weighted by Gasteiger charge is 2.29. The molecule has 1 aliphatic rings. The van der Waals surface area contributed by atoms with Gasteiger partial charge in [-0.05, 0) is 60.9 Å². The Bertz CT molecular complexity index is 1130. The van der Waals surface area contributed by atoms with Crippen LogP contribution in [0.15, 0.2) is 83.8 Å². The molecule has 0 aliphatic heterocycles. The summed E-state index contributed by atoms with van der Waals surface area (Å²) in [5, 5.41) is 14.4. The molecule has 0 bridgehead atoms. The van der Waals surface area contributed by atoms with Gasteiger partial charge >= 0.3 is 5.97 Å². The second-order valence-electron chi connectivity index (χ2n) is 7.57. The maximum Gasteiger partial charge on any atom is 0.335 e. The third-order valence-electron chi connectivity index (χ3n) is 5.04. The van der Waals surface area contributed by atoms with Gasteiger partial charge in [0.05, 0.1) is 5.56 Å². The molecule has 0 aromatic heterocycles. The monoisotopic (exact) mass is 446 g/mol. The Morgan fingerprint density at radius 1 is 0.844 bits per heavy atom. The number of anilines is 2. The number of rotatable bonds is 8. The van der Waals surface area contributed by atoms with Crippen molar-refractivity contribution in [3.63, 3.8) is 0 Å². The van der Waals surface area contributed by atoms with Gasteiger partial charge in [0.15, 0.2) is 0 Å². The van der Waals surface area contributed by atoms with Crippen molar-refractivity contribution in [2.45, 2.75) is 23.0 Å². The van der Waals surface area contributed by atoms with Crippen molar-refractivity contribution in [3.05, 3.63) is 90.0 Å². The zero-order valence-electron chi connectivity index (χ0n) is 17.2. The molecule has 6 nitrogen and oxygen atoms in total. The van der Waals surface area contributed by atoms with E-state index in [0.717, 1.165) is 29.0 Å². The minimum atomic E-state index is -1.05. The SMILES string of the molecule is O=C(O)c1cccc(NC(=O)C(Sc2ccc(NC(=O)C3CC3)cc2)c2ccccc2)c1. The van der Waals surface area contributed by atoms with E-state index in [1.54, 1.807) is 12.1 Å². The van der Waals surface area contributed by atoms with E-state index in [1.807, 2.05) is 54.6 Å². The predicted octanol–water partition coefficient (Wildman–Crippen LogP) is 5.21. The van der Waals surface area contributed by atoms with Crippen LogP contribution in [0.2, 0.25) is 0 Å². The Balaban J connectivity index is 1.50. The number of amides is 2. The molecular formula is C25H22N2O4S. The van der Waals surface area contributed by atoms with Crippen LogP contribution in [-0.2, 0) is 9.59 Å². The number of hydrogen-bond donors (Lipinski definition) is 3. The maximum atomic E-state index is 13.2. The summed E-state index contributed by atoms with van der Waals surface area (Å²) < 4.78 is 0. The molecule has 0 heterocycles. The molecule has 3 aromatic carbocycles. The Morgan fingerprint density at radius 3 is 2.22 bits per heavy atom. The molecule has 3 aromatic rings. The van der Waals surface area contributed by atoms with Gasteiger partial charge in [0.1, 0.15) is 5.25 Å². The molecule has 0 radical (unpaired) electrons. The van der Waals surface area contributed by atoms with Crippen LogP contribution in [0, 0.1) is 5.92 Å². The van der Waals surface area contributed by atoms with E-state index in [1.165, 1.54) is 23.9 Å². The minimum Gasteiger partial charge on any atom is -0.478 e. The van der Waals surface area contributed by atoms with Crippen LogP contribution in [-0.4, -0.2) is 22.9 Å². The predicted molar refractivity (Wildman–Crippen MR) is 125 cm³/mol. The van der Waals surface area contributed by atoms with Crippen LogP contribution in [0.25, 0.3) is 0 Å². The van der Waals surface area contributed by atoms with Crippen LogP contribution in [0.4, 0.5) is 11.4 Å². The fraction of sp³-hybridized carbons (Fsp3) is 0.160. The van der Waals surface area contributed by atoms with Crippen molar-refractivity contribution in [1.82, 2.24) is 0 Å². The first-order chi connectivity index (χ1) is 15.5.